The quantitative estimate of drug-likeness (QED) is 0.833. The van der Waals surface area contributed by atoms with Gasteiger partial charge in [0.15, 0.2) is 0 Å². The number of hydrogen-bond acceptors (Lipinski definition) is 4. The van der Waals surface area contributed by atoms with E-state index in [1.165, 1.54) is 0 Å². The van der Waals surface area contributed by atoms with Gasteiger partial charge >= 0.3 is 0 Å². The van der Waals surface area contributed by atoms with E-state index in [1.54, 1.807) is 24.3 Å². The van der Waals surface area contributed by atoms with Crippen LogP contribution in [0.3, 0.4) is 0 Å². The molecule has 1 heterocycles. The van der Waals surface area contributed by atoms with Crippen LogP contribution in [0, 0.1) is 0 Å². The zero-order valence-corrected chi connectivity index (χ0v) is 14.6. The lowest BCUT2D eigenvalue weighted by Gasteiger charge is -2.26. The summed E-state index contributed by atoms with van der Waals surface area (Å²) >= 11 is 0. The Kier molecular flexibility index (Phi) is 6.35. The summed E-state index contributed by atoms with van der Waals surface area (Å²) in [5.41, 5.74) is 1.65. The fourth-order valence-electron chi connectivity index (χ4n) is 2.78. The predicted molar refractivity (Wildman–Crippen MR) is 100 cm³/mol. The number of carbonyl (C=O) groups is 2. The first-order valence-electron chi connectivity index (χ1n) is 8.77. The minimum atomic E-state index is -0.237. The number of anilines is 1. The summed E-state index contributed by atoms with van der Waals surface area (Å²) in [6, 6.07) is 16.0. The summed E-state index contributed by atoms with van der Waals surface area (Å²) in [5.74, 6) is -0.410. The van der Waals surface area contributed by atoms with Crippen LogP contribution in [0.1, 0.15) is 20.7 Å². The largest absolute Gasteiger partial charge is 0.379 e. The van der Waals surface area contributed by atoms with E-state index < -0.39 is 0 Å². The number of nitrogens with zero attached hydrogens (tertiary/aromatic N) is 1. The van der Waals surface area contributed by atoms with E-state index in [4.69, 9.17) is 4.74 Å². The minimum absolute atomic E-state index is 0.173. The first kappa shape index (κ1) is 18.1. The van der Waals surface area contributed by atoms with Crippen LogP contribution in [0.2, 0.25) is 0 Å². The van der Waals surface area contributed by atoms with Crippen molar-refractivity contribution in [2.24, 2.45) is 0 Å². The van der Waals surface area contributed by atoms with E-state index in [0.717, 1.165) is 38.5 Å². The first-order chi connectivity index (χ1) is 12.7. The second-order valence-corrected chi connectivity index (χ2v) is 6.11. The highest BCUT2D eigenvalue weighted by Crippen LogP contribution is 2.10. The van der Waals surface area contributed by atoms with Crippen molar-refractivity contribution >= 4 is 17.5 Å². The fraction of sp³-hybridized carbons (Fsp3) is 0.300. The average molecular weight is 353 g/mol. The molecule has 6 nitrogen and oxygen atoms in total. The van der Waals surface area contributed by atoms with Gasteiger partial charge in [-0.3, -0.25) is 14.5 Å². The maximum Gasteiger partial charge on any atom is 0.255 e. The minimum Gasteiger partial charge on any atom is -0.379 e. The van der Waals surface area contributed by atoms with E-state index >= 15 is 0 Å². The van der Waals surface area contributed by atoms with Gasteiger partial charge in [-0.2, -0.15) is 0 Å². The molecule has 2 amide bonds. The Bertz CT molecular complexity index is 743. The number of benzene rings is 2. The average Bonchev–Trinajstić information content (AvgIpc) is 2.69. The molecule has 1 aliphatic heterocycles. The zero-order valence-electron chi connectivity index (χ0n) is 14.6. The Labute approximate surface area is 153 Å². The molecule has 3 rings (SSSR count). The van der Waals surface area contributed by atoms with E-state index in [1.807, 2.05) is 30.3 Å². The van der Waals surface area contributed by atoms with E-state index in [0.29, 0.717) is 17.7 Å². The van der Waals surface area contributed by atoms with Crippen LogP contribution in [0.15, 0.2) is 54.6 Å². The Morgan fingerprint density at radius 2 is 1.62 bits per heavy atom. The molecule has 0 spiro atoms. The number of amides is 2. The molecule has 0 radical (unpaired) electrons. The molecule has 1 aliphatic rings. The predicted octanol–water partition coefficient (Wildman–Crippen LogP) is 2.00. The second-order valence-electron chi connectivity index (χ2n) is 6.11. The van der Waals surface area contributed by atoms with Crippen LogP contribution < -0.4 is 10.6 Å². The number of hydrogen-bond donors (Lipinski definition) is 2. The smallest absolute Gasteiger partial charge is 0.255 e. The van der Waals surface area contributed by atoms with Crippen molar-refractivity contribution in [2.75, 3.05) is 44.7 Å². The first-order valence-corrected chi connectivity index (χ1v) is 8.77. The van der Waals surface area contributed by atoms with Crippen LogP contribution in [-0.2, 0) is 4.74 Å². The van der Waals surface area contributed by atoms with Crippen molar-refractivity contribution in [3.8, 4) is 0 Å². The van der Waals surface area contributed by atoms with Gasteiger partial charge in [0, 0.05) is 43.0 Å². The maximum atomic E-state index is 12.3. The molecule has 2 aromatic carbocycles. The molecule has 1 saturated heterocycles. The van der Waals surface area contributed by atoms with Crippen molar-refractivity contribution in [3.63, 3.8) is 0 Å². The molecule has 0 saturated carbocycles. The third kappa shape index (κ3) is 5.15. The Hall–Kier alpha value is -2.70. The van der Waals surface area contributed by atoms with Crippen LogP contribution in [-0.4, -0.2) is 56.1 Å². The monoisotopic (exact) mass is 353 g/mol. The summed E-state index contributed by atoms with van der Waals surface area (Å²) in [6.07, 6.45) is 0. The van der Waals surface area contributed by atoms with E-state index in [2.05, 4.69) is 15.5 Å². The molecular formula is C20H23N3O3. The lowest BCUT2D eigenvalue weighted by Crippen LogP contribution is -2.41. The molecule has 6 heteroatoms. The summed E-state index contributed by atoms with van der Waals surface area (Å²) in [6.45, 7) is 4.64. The van der Waals surface area contributed by atoms with E-state index in [9.17, 15) is 9.59 Å². The van der Waals surface area contributed by atoms with Gasteiger partial charge in [-0.1, -0.05) is 24.3 Å². The standard InChI is InChI=1S/C20H23N3O3/c24-19(21-9-10-23-11-13-26-14-12-23)16-5-4-6-17(15-16)20(25)22-18-7-2-1-3-8-18/h1-8,15H,9-14H2,(H,21,24)(H,22,25). The number of carbonyl (C=O) groups excluding carboxylic acids is 2. The molecule has 26 heavy (non-hydrogen) atoms. The number of para-hydroxylation sites is 1. The lowest BCUT2D eigenvalue weighted by atomic mass is 10.1. The van der Waals surface area contributed by atoms with E-state index in [-0.39, 0.29) is 11.8 Å². The number of nitrogens with one attached hydrogen (secondary N) is 2. The lowest BCUT2D eigenvalue weighted by molar-refractivity contribution is 0.0383. The van der Waals surface area contributed by atoms with Crippen molar-refractivity contribution < 1.29 is 14.3 Å². The summed E-state index contributed by atoms with van der Waals surface area (Å²) in [5, 5.41) is 5.73. The van der Waals surface area contributed by atoms with Gasteiger partial charge in [0.05, 0.1) is 13.2 Å². The summed E-state index contributed by atoms with van der Waals surface area (Å²) in [7, 11) is 0. The number of morpholine rings is 1. The van der Waals surface area contributed by atoms with Crippen LogP contribution >= 0.6 is 0 Å². The highest BCUT2D eigenvalue weighted by molar-refractivity contribution is 6.06. The second kappa shape index (κ2) is 9.12. The molecular weight excluding hydrogens is 330 g/mol. The number of ether oxygens (including phenoxy) is 1. The van der Waals surface area contributed by atoms with Crippen molar-refractivity contribution in [3.05, 3.63) is 65.7 Å². The summed E-state index contributed by atoms with van der Waals surface area (Å²) < 4.78 is 5.31. The summed E-state index contributed by atoms with van der Waals surface area (Å²) in [4.78, 5) is 26.9. The Balaban J connectivity index is 1.54. The van der Waals surface area contributed by atoms with Gasteiger partial charge in [0.2, 0.25) is 0 Å². The van der Waals surface area contributed by atoms with Gasteiger partial charge in [0.1, 0.15) is 0 Å². The Morgan fingerprint density at radius 1 is 0.923 bits per heavy atom. The molecule has 0 aromatic heterocycles. The van der Waals surface area contributed by atoms with Gasteiger partial charge in [-0.15, -0.1) is 0 Å². The van der Waals surface area contributed by atoms with Crippen molar-refractivity contribution in [2.45, 2.75) is 0 Å². The van der Waals surface area contributed by atoms with Crippen molar-refractivity contribution in [1.29, 1.82) is 0 Å². The zero-order chi connectivity index (χ0) is 18.2. The molecule has 2 aromatic rings. The topological polar surface area (TPSA) is 70.7 Å². The van der Waals surface area contributed by atoms with Gasteiger partial charge < -0.3 is 15.4 Å². The van der Waals surface area contributed by atoms with Gasteiger partial charge in [-0.05, 0) is 30.3 Å². The van der Waals surface area contributed by atoms with Crippen LogP contribution in [0.25, 0.3) is 0 Å². The van der Waals surface area contributed by atoms with Gasteiger partial charge in [-0.25, -0.2) is 0 Å². The van der Waals surface area contributed by atoms with Crippen LogP contribution in [0.5, 0.6) is 0 Å². The third-order valence-electron chi connectivity index (χ3n) is 4.24. The molecule has 0 atom stereocenters. The van der Waals surface area contributed by atoms with Crippen molar-refractivity contribution in [1.82, 2.24) is 10.2 Å². The number of rotatable bonds is 6. The van der Waals surface area contributed by atoms with Crippen LogP contribution in [0.4, 0.5) is 5.69 Å². The Morgan fingerprint density at radius 3 is 2.35 bits per heavy atom. The highest BCUT2D eigenvalue weighted by Gasteiger charge is 2.12. The van der Waals surface area contributed by atoms with Gasteiger partial charge in [0.25, 0.3) is 11.8 Å². The third-order valence-corrected chi connectivity index (χ3v) is 4.24. The molecule has 0 unspecified atom stereocenters. The molecule has 136 valence electrons. The normalized spacial score (nSPS) is 14.6. The SMILES string of the molecule is O=C(NCCN1CCOCC1)c1cccc(C(=O)Nc2ccccc2)c1. The molecule has 1 fully saturated rings. The highest BCUT2D eigenvalue weighted by atomic mass is 16.5. The maximum absolute atomic E-state index is 12.3. The molecule has 0 bridgehead atoms. The fourth-order valence-corrected chi connectivity index (χ4v) is 2.78. The molecule has 0 aliphatic carbocycles. The molecule has 2 N–H and O–H groups in total.